The fourth-order valence-corrected chi connectivity index (χ4v) is 9.01. The average molecular weight is 957 g/mol. The summed E-state index contributed by atoms with van der Waals surface area (Å²) in [4.78, 5) is 48.4. The molecule has 3 aromatic carbocycles. The van der Waals surface area contributed by atoms with Gasteiger partial charge in [0.2, 0.25) is 17.9 Å². The summed E-state index contributed by atoms with van der Waals surface area (Å²) in [6.45, 7) is -0.418. The molecule has 3 aliphatic heterocycles. The lowest BCUT2D eigenvalue weighted by Crippen LogP contribution is -2.44. The van der Waals surface area contributed by atoms with Gasteiger partial charge in [-0.05, 0) is 46.5 Å². The minimum Gasteiger partial charge on any atom is -0.506 e. The lowest BCUT2D eigenvalue weighted by molar-refractivity contribution is -0.145. The number of amides is 1. The maximum Gasteiger partial charge on any atom is 0.392 e. The number of carbonyl (C=O) groups is 2. The number of carboxylic acids is 1. The summed E-state index contributed by atoms with van der Waals surface area (Å²) in [6.07, 6.45) is -6.05. The van der Waals surface area contributed by atoms with Gasteiger partial charge in [0.1, 0.15) is 41.7 Å². The minimum atomic E-state index is -4.45. The number of ether oxygens (including phenoxy) is 3. The van der Waals surface area contributed by atoms with Crippen molar-refractivity contribution in [2.45, 2.75) is 63.5 Å². The quantitative estimate of drug-likeness (QED) is 0.119. The summed E-state index contributed by atoms with van der Waals surface area (Å²) in [5.41, 5.74) is 2.33. The van der Waals surface area contributed by atoms with Crippen molar-refractivity contribution in [3.8, 4) is 45.0 Å². The second-order valence-electron chi connectivity index (χ2n) is 15.7. The number of aromatic nitrogens is 4. The Labute approximate surface area is 381 Å². The van der Waals surface area contributed by atoms with Crippen LogP contribution >= 0.6 is 22.9 Å². The first-order valence-electron chi connectivity index (χ1n) is 20.6. The van der Waals surface area contributed by atoms with Crippen molar-refractivity contribution >= 4 is 45.0 Å². The summed E-state index contributed by atoms with van der Waals surface area (Å²) in [6, 6.07) is 14.7. The normalized spacial score (nSPS) is 16.8. The standard InChI is InChI=1S/C45H39ClF6N6O7S/c46-37-27-4-7-31(38(37)60)35-36-40(54-24-55-41(36)66-39(35)26-2-5-29(47)6-3-26)65-33(42(61)62)21-28-19-25(20-34(59)58(22-27)17-16-57-14-10-44(48,49)11-15-57)1-8-32(28)64-23-30-9-13-53-43(56-30)63-18-12-45(50,51)52/h1-9,13,19,24,33,60H,10-12,14-18,20-23H2,(H,61,62)/t33-/m1/s1. The highest BCUT2D eigenvalue weighted by molar-refractivity contribution is 7.22. The number of thiophene rings is 1. The second-order valence-corrected chi connectivity index (χ2v) is 17.1. The number of hydrogen-bond acceptors (Lipinski definition) is 12. The van der Waals surface area contributed by atoms with Crippen LogP contribution in [0, 0.1) is 5.82 Å². The van der Waals surface area contributed by atoms with E-state index in [0.717, 1.165) is 11.3 Å². The summed E-state index contributed by atoms with van der Waals surface area (Å²) >= 11 is 8.11. The van der Waals surface area contributed by atoms with E-state index in [1.165, 1.54) is 53.8 Å². The Bertz CT molecular complexity index is 2750. The Balaban J connectivity index is 1.20. The van der Waals surface area contributed by atoms with Gasteiger partial charge in [0.05, 0.1) is 28.9 Å². The van der Waals surface area contributed by atoms with Gasteiger partial charge >= 0.3 is 18.2 Å². The number of hydrogen-bond donors (Lipinski definition) is 2. The Morgan fingerprint density at radius 1 is 0.985 bits per heavy atom. The third-order valence-corrected chi connectivity index (χ3v) is 12.7. The topological polar surface area (TPSA) is 160 Å². The Hall–Kier alpha value is -6.25. The van der Waals surface area contributed by atoms with Crippen LogP contribution in [0.3, 0.4) is 0 Å². The number of aliphatic carboxylic acids is 1. The zero-order valence-corrected chi connectivity index (χ0v) is 36.2. The van der Waals surface area contributed by atoms with Gasteiger partial charge in [-0.15, -0.1) is 11.3 Å². The molecule has 66 heavy (non-hydrogen) atoms. The van der Waals surface area contributed by atoms with Crippen molar-refractivity contribution in [2.75, 3.05) is 32.8 Å². The predicted molar refractivity (Wildman–Crippen MR) is 229 cm³/mol. The van der Waals surface area contributed by atoms with Gasteiger partial charge in [0.15, 0.2) is 0 Å². The molecule has 1 atom stereocenters. The third kappa shape index (κ3) is 10.9. The molecule has 0 unspecified atom stereocenters. The molecule has 0 spiro atoms. The first-order valence-corrected chi connectivity index (χ1v) is 21.8. The van der Waals surface area contributed by atoms with E-state index in [0.29, 0.717) is 32.0 Å². The van der Waals surface area contributed by atoms with E-state index in [2.05, 4.69) is 19.9 Å². The molecule has 4 bridgehead atoms. The van der Waals surface area contributed by atoms with Gasteiger partial charge in [-0.25, -0.2) is 32.9 Å². The number of carbonyl (C=O) groups excluding carboxylic acids is 1. The van der Waals surface area contributed by atoms with Crippen LogP contribution in [0.2, 0.25) is 5.02 Å². The molecule has 1 saturated heterocycles. The number of phenolic OH excluding ortho intramolecular Hbond substituents is 1. The number of alkyl halides is 5. The van der Waals surface area contributed by atoms with Crippen LogP contribution < -0.4 is 14.2 Å². The first-order chi connectivity index (χ1) is 31.5. The molecule has 0 aliphatic carbocycles. The average Bonchev–Trinajstić information content (AvgIpc) is 3.66. The molecular formula is C45H39ClF6N6O7S. The number of phenols is 1. The molecule has 3 aliphatic rings. The van der Waals surface area contributed by atoms with Crippen LogP contribution in [0.4, 0.5) is 26.3 Å². The number of fused-ring (bicyclic) bond motifs is 7. The second kappa shape index (κ2) is 19.3. The van der Waals surface area contributed by atoms with E-state index in [1.54, 1.807) is 24.3 Å². The molecule has 0 saturated carbocycles. The third-order valence-electron chi connectivity index (χ3n) is 11.1. The number of halogens is 7. The molecule has 346 valence electrons. The fourth-order valence-electron chi connectivity index (χ4n) is 7.63. The van der Waals surface area contributed by atoms with Gasteiger partial charge in [0.25, 0.3) is 5.92 Å². The van der Waals surface area contributed by atoms with Crippen molar-refractivity contribution in [1.29, 1.82) is 0 Å². The first kappa shape index (κ1) is 46.3. The maximum atomic E-state index is 14.3. The van der Waals surface area contributed by atoms with E-state index in [9.17, 15) is 46.1 Å². The largest absolute Gasteiger partial charge is 0.506 e. The molecule has 6 heterocycles. The van der Waals surface area contributed by atoms with E-state index in [4.69, 9.17) is 25.8 Å². The van der Waals surface area contributed by atoms with E-state index in [-0.39, 0.29) is 116 Å². The molecular weight excluding hydrogens is 918 g/mol. The number of rotatable bonds is 11. The van der Waals surface area contributed by atoms with Crippen LogP contribution in [-0.2, 0) is 35.6 Å². The van der Waals surface area contributed by atoms with Crippen LogP contribution in [-0.4, -0.2) is 103 Å². The van der Waals surface area contributed by atoms with Crippen LogP contribution in [0.1, 0.15) is 41.6 Å². The van der Waals surface area contributed by atoms with Gasteiger partial charge in [-0.2, -0.15) is 18.2 Å². The molecule has 6 aromatic rings. The highest BCUT2D eigenvalue weighted by Gasteiger charge is 2.35. The number of carboxylic acid groups (broad SMARTS) is 1. The number of likely N-dealkylation sites (tertiary alicyclic amines) is 1. The lowest BCUT2D eigenvalue weighted by Gasteiger charge is -2.33. The maximum absolute atomic E-state index is 14.3. The highest BCUT2D eigenvalue weighted by atomic mass is 35.5. The van der Waals surface area contributed by atoms with Gasteiger partial charge in [-0.1, -0.05) is 48.0 Å². The molecule has 1 amide bonds. The number of aromatic hydroxyl groups is 1. The van der Waals surface area contributed by atoms with Crippen LogP contribution in [0.15, 0.2) is 73.2 Å². The van der Waals surface area contributed by atoms with E-state index in [1.807, 2.05) is 4.90 Å². The van der Waals surface area contributed by atoms with Crippen molar-refractivity contribution in [3.05, 3.63) is 106 Å². The summed E-state index contributed by atoms with van der Waals surface area (Å²) < 4.78 is 97.9. The van der Waals surface area contributed by atoms with Crippen molar-refractivity contribution in [2.24, 2.45) is 0 Å². The molecule has 2 N–H and O–H groups in total. The molecule has 3 aromatic heterocycles. The zero-order valence-electron chi connectivity index (χ0n) is 34.7. The number of nitrogens with zero attached hydrogens (tertiary/aromatic N) is 6. The van der Waals surface area contributed by atoms with E-state index >= 15 is 0 Å². The summed E-state index contributed by atoms with van der Waals surface area (Å²) in [5, 5.41) is 22.7. The molecule has 9 rings (SSSR count). The van der Waals surface area contributed by atoms with Crippen molar-refractivity contribution in [3.63, 3.8) is 0 Å². The molecule has 21 heteroatoms. The highest BCUT2D eigenvalue weighted by Crippen LogP contribution is 2.51. The number of piperidine rings is 1. The summed E-state index contributed by atoms with van der Waals surface area (Å²) in [7, 11) is 0. The Morgan fingerprint density at radius 2 is 1.76 bits per heavy atom. The molecule has 0 radical (unpaired) electrons. The van der Waals surface area contributed by atoms with Gasteiger partial charge < -0.3 is 34.2 Å². The van der Waals surface area contributed by atoms with Crippen LogP contribution in [0.25, 0.3) is 31.8 Å². The van der Waals surface area contributed by atoms with Crippen molar-refractivity contribution in [1.82, 2.24) is 29.7 Å². The lowest BCUT2D eigenvalue weighted by atomic mass is 9.97. The molecule has 1 fully saturated rings. The SMILES string of the molecule is O=C(O)[C@H]1Cc2cc(ccc2OCc2ccnc(OCCC(F)(F)F)n2)CC(=O)N(CCN2CCC(F)(F)CC2)Cc2ccc(c(O)c2Cl)-c2c(-c3ccc(F)cc3)sc3ncnc(c23)O1. The molecule has 13 nitrogen and oxygen atoms in total. The summed E-state index contributed by atoms with van der Waals surface area (Å²) in [5.74, 6) is -5.46. The van der Waals surface area contributed by atoms with Crippen molar-refractivity contribution < 1.29 is 60.4 Å². The fraction of sp³-hybridized carbons (Fsp3) is 0.333. The Morgan fingerprint density at radius 3 is 2.50 bits per heavy atom. The zero-order chi connectivity index (χ0) is 46.8. The minimum absolute atomic E-state index is 0.0852. The van der Waals surface area contributed by atoms with Gasteiger partial charge in [-0.3, -0.25) is 4.79 Å². The van der Waals surface area contributed by atoms with E-state index < -0.39 is 48.9 Å². The number of benzene rings is 3. The van der Waals surface area contributed by atoms with Gasteiger partial charge in [0, 0.05) is 74.2 Å². The Kier molecular flexibility index (Phi) is 13.5. The van der Waals surface area contributed by atoms with Crippen LogP contribution in [0.5, 0.6) is 23.4 Å². The smallest absolute Gasteiger partial charge is 0.392 e. The monoisotopic (exact) mass is 956 g/mol. The predicted octanol–water partition coefficient (Wildman–Crippen LogP) is 8.91.